The maximum Gasteiger partial charge on any atom is 0.209 e. The van der Waals surface area contributed by atoms with Gasteiger partial charge in [0.25, 0.3) is 0 Å². The molecule has 0 amide bonds. The molecule has 0 atom stereocenters. The van der Waals surface area contributed by atoms with Crippen molar-refractivity contribution in [3.05, 3.63) is 5.82 Å². The summed E-state index contributed by atoms with van der Waals surface area (Å²) in [7, 11) is -3.22. The van der Waals surface area contributed by atoms with E-state index >= 15 is 0 Å². The Morgan fingerprint density at radius 2 is 2.00 bits per heavy atom. The Bertz CT molecular complexity index is 494. The molecule has 104 valence electrons. The molecule has 0 aliphatic heterocycles. The SMILES string of the molecule is CC(C)c1nsc(NCC(C)(C)NS(C)(=O)=O)n1. The van der Waals surface area contributed by atoms with Crippen molar-refractivity contribution >= 4 is 26.7 Å². The summed E-state index contributed by atoms with van der Waals surface area (Å²) >= 11 is 1.29. The van der Waals surface area contributed by atoms with Gasteiger partial charge in [0.1, 0.15) is 5.82 Å². The second-order valence-electron chi connectivity index (χ2n) is 5.22. The number of anilines is 1. The van der Waals surface area contributed by atoms with Crippen LogP contribution in [-0.2, 0) is 10.0 Å². The molecule has 2 N–H and O–H groups in total. The highest BCUT2D eigenvalue weighted by atomic mass is 32.2. The zero-order valence-electron chi connectivity index (χ0n) is 11.3. The number of sulfonamides is 1. The van der Waals surface area contributed by atoms with E-state index < -0.39 is 15.6 Å². The van der Waals surface area contributed by atoms with E-state index in [2.05, 4.69) is 19.4 Å². The number of nitrogens with one attached hydrogen (secondary N) is 2. The molecule has 6 nitrogen and oxygen atoms in total. The van der Waals surface area contributed by atoms with Crippen molar-refractivity contribution in [2.45, 2.75) is 39.2 Å². The van der Waals surface area contributed by atoms with E-state index in [-0.39, 0.29) is 0 Å². The normalized spacial score (nSPS) is 13.0. The number of aromatic nitrogens is 2. The molecule has 1 aromatic rings. The molecule has 1 rings (SSSR count). The van der Waals surface area contributed by atoms with Gasteiger partial charge in [0.2, 0.25) is 15.2 Å². The Morgan fingerprint density at radius 3 is 2.44 bits per heavy atom. The van der Waals surface area contributed by atoms with Crippen LogP contribution in [-0.4, -0.2) is 36.1 Å². The standard InChI is InChI=1S/C10H20N4O2S2/c1-7(2)8-12-9(17-13-8)11-6-10(3,4)14-18(5,15)16/h7,14H,6H2,1-5H3,(H,11,12,13). The highest BCUT2D eigenvalue weighted by Gasteiger charge is 2.22. The largest absolute Gasteiger partial charge is 0.358 e. The Balaban J connectivity index is 2.58. The van der Waals surface area contributed by atoms with Gasteiger partial charge in [0.05, 0.1) is 6.26 Å². The third-order valence-corrected chi connectivity index (χ3v) is 3.71. The van der Waals surface area contributed by atoms with Gasteiger partial charge in [-0.3, -0.25) is 0 Å². The summed E-state index contributed by atoms with van der Waals surface area (Å²) in [6.45, 7) is 8.13. The van der Waals surface area contributed by atoms with Crippen molar-refractivity contribution in [1.29, 1.82) is 0 Å². The van der Waals surface area contributed by atoms with E-state index in [1.54, 1.807) is 0 Å². The van der Waals surface area contributed by atoms with Crippen LogP contribution in [0, 0.1) is 0 Å². The van der Waals surface area contributed by atoms with Crippen molar-refractivity contribution in [3.8, 4) is 0 Å². The number of nitrogens with zero attached hydrogens (tertiary/aromatic N) is 2. The van der Waals surface area contributed by atoms with Gasteiger partial charge < -0.3 is 5.32 Å². The Kier molecular flexibility index (Phi) is 4.68. The first-order valence-corrected chi connectivity index (χ1v) is 8.32. The first kappa shape index (κ1) is 15.3. The zero-order chi connectivity index (χ0) is 14.0. The fourth-order valence-electron chi connectivity index (χ4n) is 1.38. The fourth-order valence-corrected chi connectivity index (χ4v) is 3.15. The monoisotopic (exact) mass is 292 g/mol. The van der Waals surface area contributed by atoms with Gasteiger partial charge in [-0.1, -0.05) is 13.8 Å². The van der Waals surface area contributed by atoms with Crippen molar-refractivity contribution < 1.29 is 8.42 Å². The second kappa shape index (κ2) is 5.50. The van der Waals surface area contributed by atoms with Gasteiger partial charge in [0.15, 0.2) is 0 Å². The molecule has 0 fully saturated rings. The molecule has 8 heteroatoms. The van der Waals surface area contributed by atoms with E-state index in [1.807, 2.05) is 27.7 Å². The highest BCUT2D eigenvalue weighted by molar-refractivity contribution is 7.88. The first-order valence-electron chi connectivity index (χ1n) is 5.65. The Morgan fingerprint density at radius 1 is 1.39 bits per heavy atom. The molecule has 0 aliphatic carbocycles. The van der Waals surface area contributed by atoms with Crippen molar-refractivity contribution in [1.82, 2.24) is 14.1 Å². The maximum absolute atomic E-state index is 11.2. The lowest BCUT2D eigenvalue weighted by Crippen LogP contribution is -2.47. The molecule has 0 spiro atoms. The molecule has 1 aromatic heterocycles. The molecule has 1 heterocycles. The molecular formula is C10H20N4O2S2. The van der Waals surface area contributed by atoms with Crippen LogP contribution in [0.2, 0.25) is 0 Å². The minimum Gasteiger partial charge on any atom is -0.358 e. The predicted molar refractivity (Wildman–Crippen MR) is 74.5 cm³/mol. The molecule has 0 aliphatic rings. The van der Waals surface area contributed by atoms with Crippen LogP contribution in [0.1, 0.15) is 39.4 Å². The van der Waals surface area contributed by atoms with Gasteiger partial charge in [-0.25, -0.2) is 18.1 Å². The molecule has 0 saturated carbocycles. The van der Waals surface area contributed by atoms with Crippen LogP contribution < -0.4 is 10.0 Å². The van der Waals surface area contributed by atoms with E-state index in [9.17, 15) is 8.42 Å². The van der Waals surface area contributed by atoms with Crippen LogP contribution in [0.4, 0.5) is 5.13 Å². The first-order chi connectivity index (χ1) is 8.09. The second-order valence-corrected chi connectivity index (χ2v) is 7.72. The quantitative estimate of drug-likeness (QED) is 0.828. The van der Waals surface area contributed by atoms with E-state index in [4.69, 9.17) is 0 Å². The lowest BCUT2D eigenvalue weighted by molar-refractivity contribution is 0.476. The maximum atomic E-state index is 11.2. The van der Waals surface area contributed by atoms with Crippen LogP contribution in [0.3, 0.4) is 0 Å². The summed E-state index contributed by atoms with van der Waals surface area (Å²) in [5.74, 6) is 1.09. The summed E-state index contributed by atoms with van der Waals surface area (Å²) < 4.78 is 29.2. The lowest BCUT2D eigenvalue weighted by atomic mass is 10.1. The predicted octanol–water partition coefficient (Wildman–Crippen LogP) is 1.40. The summed E-state index contributed by atoms with van der Waals surface area (Å²) in [4.78, 5) is 4.33. The minimum atomic E-state index is -3.22. The van der Waals surface area contributed by atoms with Crippen LogP contribution in [0.25, 0.3) is 0 Å². The van der Waals surface area contributed by atoms with E-state index in [0.29, 0.717) is 17.6 Å². The highest BCUT2D eigenvalue weighted by Crippen LogP contribution is 2.18. The molecule has 18 heavy (non-hydrogen) atoms. The minimum absolute atomic E-state index is 0.291. The smallest absolute Gasteiger partial charge is 0.209 e. The summed E-state index contributed by atoms with van der Waals surface area (Å²) in [6, 6.07) is 0. The Hall–Kier alpha value is -0.730. The van der Waals surface area contributed by atoms with Gasteiger partial charge >= 0.3 is 0 Å². The lowest BCUT2D eigenvalue weighted by Gasteiger charge is -2.24. The fraction of sp³-hybridized carbons (Fsp3) is 0.800. The molecule has 0 radical (unpaired) electrons. The molecule has 0 aromatic carbocycles. The van der Waals surface area contributed by atoms with Crippen LogP contribution in [0.15, 0.2) is 0 Å². The third-order valence-electron chi connectivity index (χ3n) is 2.10. The average molecular weight is 292 g/mol. The van der Waals surface area contributed by atoms with Crippen LogP contribution in [0.5, 0.6) is 0 Å². The van der Waals surface area contributed by atoms with Gasteiger partial charge in [-0.2, -0.15) is 4.37 Å². The van der Waals surface area contributed by atoms with Gasteiger partial charge in [-0.05, 0) is 13.8 Å². The summed E-state index contributed by atoms with van der Waals surface area (Å²) in [5.41, 5.74) is -0.572. The van der Waals surface area contributed by atoms with Crippen molar-refractivity contribution in [2.75, 3.05) is 18.1 Å². The summed E-state index contributed by atoms with van der Waals surface area (Å²) in [5, 5.41) is 3.81. The Labute approximate surface area is 112 Å². The average Bonchev–Trinajstić information content (AvgIpc) is 2.59. The van der Waals surface area contributed by atoms with Crippen molar-refractivity contribution in [3.63, 3.8) is 0 Å². The molecule has 0 bridgehead atoms. The molecular weight excluding hydrogens is 272 g/mol. The number of rotatable bonds is 6. The molecule has 0 unspecified atom stereocenters. The van der Waals surface area contributed by atoms with Gasteiger partial charge in [-0.15, -0.1) is 0 Å². The third kappa shape index (κ3) is 5.28. The summed E-state index contributed by atoms with van der Waals surface area (Å²) in [6.07, 6.45) is 1.15. The van der Waals surface area contributed by atoms with Crippen LogP contribution >= 0.6 is 11.5 Å². The van der Waals surface area contributed by atoms with Gasteiger partial charge in [0, 0.05) is 29.5 Å². The number of hydrogen-bond donors (Lipinski definition) is 2. The molecule has 0 saturated heterocycles. The van der Waals surface area contributed by atoms with Crippen molar-refractivity contribution in [2.24, 2.45) is 0 Å². The zero-order valence-corrected chi connectivity index (χ0v) is 12.9. The number of hydrogen-bond acceptors (Lipinski definition) is 6. The van der Waals surface area contributed by atoms with E-state index in [1.165, 1.54) is 11.5 Å². The topological polar surface area (TPSA) is 84.0 Å². The van der Waals surface area contributed by atoms with E-state index in [0.717, 1.165) is 12.1 Å².